The number of rotatable bonds is 6. The maximum Gasteiger partial charge on any atom is 0.243 e. The molecule has 2 aromatic rings. The van der Waals surface area contributed by atoms with Crippen LogP contribution in [0, 0.1) is 13.8 Å². The van der Waals surface area contributed by atoms with Crippen LogP contribution in [0.25, 0.3) is 0 Å². The number of hydrogen-bond acceptors (Lipinski definition) is 4. The van der Waals surface area contributed by atoms with Gasteiger partial charge in [-0.3, -0.25) is 0 Å². The van der Waals surface area contributed by atoms with Crippen LogP contribution in [-0.4, -0.2) is 62.4 Å². The second kappa shape index (κ2) is 9.14. The Labute approximate surface area is 188 Å². The van der Waals surface area contributed by atoms with Gasteiger partial charge in [0.1, 0.15) is 0 Å². The molecule has 0 aliphatic carbocycles. The van der Waals surface area contributed by atoms with E-state index in [4.69, 9.17) is 23.2 Å². The number of piperazine rings is 1. The molecular formula is C20H24Cl2N2O4S2. The summed E-state index contributed by atoms with van der Waals surface area (Å²) in [5.41, 5.74) is 1.88. The van der Waals surface area contributed by atoms with Crippen LogP contribution in [0.15, 0.2) is 58.3 Å². The average molecular weight is 491 g/mol. The standard InChI is InChI=1S/C20H24Cl2N2O4S2/c1-15-3-7-19(8-4-15)29(25,26)23-13-18(12-22)24(14-17(23)11-21)30(27,28)20-9-5-16(2)6-10-20/h3-10,17-18H,11-14H2,1-2H3/t17-,18-/m0/s1. The zero-order valence-corrected chi connectivity index (χ0v) is 19.8. The van der Waals surface area contributed by atoms with Gasteiger partial charge in [-0.15, -0.1) is 23.2 Å². The smallest absolute Gasteiger partial charge is 0.207 e. The molecule has 10 heteroatoms. The van der Waals surface area contributed by atoms with E-state index in [1.807, 2.05) is 13.8 Å². The minimum Gasteiger partial charge on any atom is -0.207 e. The first-order chi connectivity index (χ1) is 14.1. The van der Waals surface area contributed by atoms with E-state index in [1.165, 1.54) is 8.61 Å². The number of hydrogen-bond donors (Lipinski definition) is 0. The number of alkyl halides is 2. The molecule has 0 unspecified atom stereocenters. The molecule has 0 aromatic heterocycles. The lowest BCUT2D eigenvalue weighted by molar-refractivity contribution is 0.167. The van der Waals surface area contributed by atoms with Crippen molar-refractivity contribution in [1.82, 2.24) is 8.61 Å². The summed E-state index contributed by atoms with van der Waals surface area (Å²) >= 11 is 12.2. The minimum absolute atomic E-state index is 0.0417. The summed E-state index contributed by atoms with van der Waals surface area (Å²) < 4.78 is 55.6. The SMILES string of the molecule is Cc1ccc(S(=O)(=O)N2C[C@H](CCl)N(S(=O)(=O)c3ccc(C)cc3)C[C@@H]2CCl)cc1. The summed E-state index contributed by atoms with van der Waals surface area (Å²) in [6.07, 6.45) is 0. The van der Waals surface area contributed by atoms with Crippen LogP contribution in [-0.2, 0) is 20.0 Å². The van der Waals surface area contributed by atoms with E-state index in [1.54, 1.807) is 48.5 Å². The molecule has 1 heterocycles. The van der Waals surface area contributed by atoms with Crippen molar-refractivity contribution in [3.05, 3.63) is 59.7 Å². The highest BCUT2D eigenvalue weighted by Gasteiger charge is 2.44. The van der Waals surface area contributed by atoms with Crippen molar-refractivity contribution in [2.45, 2.75) is 35.7 Å². The van der Waals surface area contributed by atoms with Gasteiger partial charge in [-0.1, -0.05) is 35.4 Å². The summed E-state index contributed by atoms with van der Waals surface area (Å²) in [4.78, 5) is 0.290. The normalized spacial score (nSPS) is 21.6. The number of halogens is 2. The summed E-state index contributed by atoms with van der Waals surface area (Å²) in [5.74, 6) is -0.0833. The molecule has 1 aliphatic rings. The maximum absolute atomic E-state index is 13.2. The van der Waals surface area contributed by atoms with E-state index in [0.717, 1.165) is 11.1 Å². The fraction of sp³-hybridized carbons (Fsp3) is 0.400. The van der Waals surface area contributed by atoms with E-state index in [-0.39, 0.29) is 34.6 Å². The van der Waals surface area contributed by atoms with Gasteiger partial charge in [0.25, 0.3) is 0 Å². The lowest BCUT2D eigenvalue weighted by Crippen LogP contribution is -2.62. The van der Waals surface area contributed by atoms with Gasteiger partial charge >= 0.3 is 0 Å². The van der Waals surface area contributed by atoms with Crippen molar-refractivity contribution in [3.63, 3.8) is 0 Å². The van der Waals surface area contributed by atoms with E-state index in [9.17, 15) is 16.8 Å². The Hall–Kier alpha value is -1.16. The van der Waals surface area contributed by atoms with Gasteiger partial charge in [0.05, 0.1) is 21.9 Å². The molecule has 1 aliphatic heterocycles. The van der Waals surface area contributed by atoms with Crippen LogP contribution < -0.4 is 0 Å². The van der Waals surface area contributed by atoms with E-state index in [0.29, 0.717) is 0 Å². The first-order valence-corrected chi connectivity index (χ1v) is 13.3. The third-order valence-electron chi connectivity index (χ3n) is 5.21. The van der Waals surface area contributed by atoms with Crippen molar-refractivity contribution in [2.24, 2.45) is 0 Å². The molecule has 1 saturated heterocycles. The third-order valence-corrected chi connectivity index (χ3v) is 9.78. The van der Waals surface area contributed by atoms with Crippen LogP contribution in [0.4, 0.5) is 0 Å². The van der Waals surface area contributed by atoms with Crippen molar-refractivity contribution in [3.8, 4) is 0 Å². The van der Waals surface area contributed by atoms with E-state index in [2.05, 4.69) is 0 Å². The molecule has 0 bridgehead atoms. The first-order valence-electron chi connectivity index (χ1n) is 9.40. The van der Waals surface area contributed by atoms with Crippen LogP contribution in [0.5, 0.6) is 0 Å². The van der Waals surface area contributed by atoms with Crippen LogP contribution in [0.2, 0.25) is 0 Å². The first kappa shape index (κ1) is 23.5. The Kier molecular flexibility index (Phi) is 7.16. The highest BCUT2D eigenvalue weighted by molar-refractivity contribution is 7.89. The predicted molar refractivity (Wildman–Crippen MR) is 119 cm³/mol. The quantitative estimate of drug-likeness (QED) is 0.582. The molecule has 6 nitrogen and oxygen atoms in total. The molecule has 164 valence electrons. The second-order valence-corrected chi connectivity index (χ2v) is 11.8. The summed E-state index contributed by atoms with van der Waals surface area (Å²) in [5, 5.41) is 0. The topological polar surface area (TPSA) is 74.8 Å². The van der Waals surface area contributed by atoms with Crippen LogP contribution in [0.1, 0.15) is 11.1 Å². The van der Waals surface area contributed by atoms with Gasteiger partial charge < -0.3 is 0 Å². The number of aryl methyl sites for hydroxylation is 2. The Balaban J connectivity index is 1.96. The Bertz CT molecular complexity index is 999. The van der Waals surface area contributed by atoms with E-state index < -0.39 is 32.1 Å². The van der Waals surface area contributed by atoms with Gasteiger partial charge in [-0.25, -0.2) is 16.8 Å². The molecule has 30 heavy (non-hydrogen) atoms. The average Bonchev–Trinajstić information content (AvgIpc) is 2.73. The van der Waals surface area contributed by atoms with Crippen molar-refractivity contribution < 1.29 is 16.8 Å². The molecule has 2 atom stereocenters. The molecule has 3 rings (SSSR count). The lowest BCUT2D eigenvalue weighted by atomic mass is 10.2. The summed E-state index contributed by atoms with van der Waals surface area (Å²) in [6, 6.07) is 11.6. The van der Waals surface area contributed by atoms with Gasteiger partial charge in [-0.2, -0.15) is 8.61 Å². The van der Waals surface area contributed by atoms with Crippen LogP contribution >= 0.6 is 23.2 Å². The summed E-state index contributed by atoms with van der Waals surface area (Å²) in [7, 11) is -7.71. The molecule has 0 saturated carbocycles. The molecule has 0 amide bonds. The Morgan fingerprint density at radius 2 is 1.00 bits per heavy atom. The highest BCUT2D eigenvalue weighted by Crippen LogP contribution is 2.29. The lowest BCUT2D eigenvalue weighted by Gasteiger charge is -2.43. The largest absolute Gasteiger partial charge is 0.243 e. The molecule has 0 N–H and O–H groups in total. The zero-order chi connectivity index (χ0) is 22.1. The fourth-order valence-corrected chi connectivity index (χ4v) is 7.42. The molecular weight excluding hydrogens is 467 g/mol. The number of benzene rings is 2. The molecule has 0 spiro atoms. The zero-order valence-electron chi connectivity index (χ0n) is 16.7. The Morgan fingerprint density at radius 3 is 1.27 bits per heavy atom. The molecule has 1 fully saturated rings. The van der Waals surface area contributed by atoms with E-state index >= 15 is 0 Å². The minimum atomic E-state index is -3.85. The summed E-state index contributed by atoms with van der Waals surface area (Å²) in [6.45, 7) is 3.61. The Morgan fingerprint density at radius 1 is 0.700 bits per heavy atom. The van der Waals surface area contributed by atoms with Crippen molar-refractivity contribution in [2.75, 3.05) is 24.8 Å². The fourth-order valence-electron chi connectivity index (χ4n) is 3.43. The number of sulfonamides is 2. The van der Waals surface area contributed by atoms with Gasteiger partial charge in [0.2, 0.25) is 20.0 Å². The van der Waals surface area contributed by atoms with Gasteiger partial charge in [0, 0.05) is 24.8 Å². The third kappa shape index (κ3) is 4.54. The molecule has 0 radical (unpaired) electrons. The monoisotopic (exact) mass is 490 g/mol. The van der Waals surface area contributed by atoms with Gasteiger partial charge in [-0.05, 0) is 38.1 Å². The van der Waals surface area contributed by atoms with Crippen molar-refractivity contribution >= 4 is 43.2 Å². The highest BCUT2D eigenvalue weighted by atomic mass is 35.5. The van der Waals surface area contributed by atoms with Gasteiger partial charge in [0.15, 0.2) is 0 Å². The van der Waals surface area contributed by atoms with Crippen molar-refractivity contribution in [1.29, 1.82) is 0 Å². The maximum atomic E-state index is 13.2. The predicted octanol–water partition coefficient (Wildman–Crippen LogP) is 3.21. The molecule has 2 aromatic carbocycles. The second-order valence-electron chi connectivity index (χ2n) is 7.39. The van der Waals surface area contributed by atoms with Crippen LogP contribution in [0.3, 0.4) is 0 Å². The number of nitrogens with zero attached hydrogens (tertiary/aromatic N) is 2.